The minimum atomic E-state index is -0.357. The van der Waals surface area contributed by atoms with Crippen LogP contribution in [-0.4, -0.2) is 18.5 Å². The quantitative estimate of drug-likeness (QED) is 0.397. The first kappa shape index (κ1) is 17.0. The first-order valence-electron chi connectivity index (χ1n) is 7.18. The lowest BCUT2D eigenvalue weighted by Crippen LogP contribution is -2.07. The van der Waals surface area contributed by atoms with Crippen molar-refractivity contribution >= 4 is 11.9 Å². The van der Waals surface area contributed by atoms with Crippen LogP contribution in [0.25, 0.3) is 0 Å². The maximum absolute atomic E-state index is 11.6. The van der Waals surface area contributed by atoms with Gasteiger partial charge in [-0.3, -0.25) is 4.79 Å². The molecule has 1 aromatic rings. The van der Waals surface area contributed by atoms with E-state index in [1.807, 2.05) is 30.3 Å². The summed E-state index contributed by atoms with van der Waals surface area (Å²) in [6, 6.07) is 9.56. The van der Waals surface area contributed by atoms with Crippen LogP contribution in [-0.2, 0) is 25.7 Å². The molecule has 1 aromatic carbocycles. The Bertz CT molecular complexity index is 465. The molecule has 0 aromatic heterocycles. The van der Waals surface area contributed by atoms with E-state index in [0.717, 1.165) is 12.0 Å². The van der Waals surface area contributed by atoms with Crippen LogP contribution in [0.2, 0.25) is 0 Å². The molecule has 21 heavy (non-hydrogen) atoms. The van der Waals surface area contributed by atoms with Crippen molar-refractivity contribution in [2.24, 2.45) is 0 Å². The molecular formula is C17H22O4. The first-order chi connectivity index (χ1) is 10.1. The topological polar surface area (TPSA) is 52.6 Å². The second kappa shape index (κ2) is 9.75. The van der Waals surface area contributed by atoms with Gasteiger partial charge in [-0.1, -0.05) is 36.9 Å². The Labute approximate surface area is 125 Å². The van der Waals surface area contributed by atoms with Crippen molar-refractivity contribution in [1.82, 2.24) is 0 Å². The molecule has 0 spiro atoms. The fourth-order valence-corrected chi connectivity index (χ4v) is 1.75. The van der Waals surface area contributed by atoms with Crippen molar-refractivity contribution in [2.75, 3.05) is 6.61 Å². The molecular weight excluding hydrogens is 268 g/mol. The van der Waals surface area contributed by atoms with Gasteiger partial charge in [0.2, 0.25) is 0 Å². The van der Waals surface area contributed by atoms with Crippen LogP contribution in [0.3, 0.4) is 0 Å². The van der Waals surface area contributed by atoms with Gasteiger partial charge in [0.25, 0.3) is 0 Å². The molecule has 1 rings (SSSR count). The lowest BCUT2D eigenvalue weighted by Gasteiger charge is -2.06. The first-order valence-corrected chi connectivity index (χ1v) is 7.18. The molecule has 0 atom stereocenters. The van der Waals surface area contributed by atoms with Gasteiger partial charge in [0.15, 0.2) is 0 Å². The molecule has 0 aliphatic rings. The van der Waals surface area contributed by atoms with Crippen LogP contribution in [0.5, 0.6) is 0 Å². The van der Waals surface area contributed by atoms with Crippen molar-refractivity contribution in [1.29, 1.82) is 0 Å². The van der Waals surface area contributed by atoms with Gasteiger partial charge in [-0.2, -0.15) is 0 Å². The van der Waals surface area contributed by atoms with E-state index in [9.17, 15) is 9.59 Å². The largest absolute Gasteiger partial charge is 0.463 e. The van der Waals surface area contributed by atoms with Crippen molar-refractivity contribution in [3.05, 3.63) is 48.0 Å². The Balaban J connectivity index is 2.11. The average Bonchev–Trinajstić information content (AvgIpc) is 2.50. The molecule has 114 valence electrons. The Hall–Kier alpha value is -2.10. The summed E-state index contributed by atoms with van der Waals surface area (Å²) in [6.07, 6.45) is 2.29. The molecule has 0 saturated carbocycles. The van der Waals surface area contributed by atoms with Crippen molar-refractivity contribution < 1.29 is 19.1 Å². The molecule has 0 N–H and O–H groups in total. The van der Waals surface area contributed by atoms with E-state index >= 15 is 0 Å². The second-order valence-corrected chi connectivity index (χ2v) is 4.68. The van der Waals surface area contributed by atoms with Crippen LogP contribution in [0.4, 0.5) is 0 Å². The minimum Gasteiger partial charge on any atom is -0.463 e. The van der Waals surface area contributed by atoms with E-state index in [2.05, 4.69) is 6.58 Å². The third-order valence-electron chi connectivity index (χ3n) is 2.92. The molecule has 0 amide bonds. The lowest BCUT2D eigenvalue weighted by molar-refractivity contribution is -0.145. The average molecular weight is 290 g/mol. The Kier molecular flexibility index (Phi) is 7.87. The van der Waals surface area contributed by atoms with E-state index in [-0.39, 0.29) is 11.9 Å². The number of hydrogen-bond acceptors (Lipinski definition) is 4. The predicted molar refractivity (Wildman–Crippen MR) is 80.5 cm³/mol. The third kappa shape index (κ3) is 7.30. The molecule has 4 heteroatoms. The highest BCUT2D eigenvalue weighted by atomic mass is 16.5. The van der Waals surface area contributed by atoms with Crippen molar-refractivity contribution in [2.45, 2.75) is 39.2 Å². The molecule has 4 nitrogen and oxygen atoms in total. The number of carbonyl (C=O) groups excluding carboxylic acids is 2. The lowest BCUT2D eigenvalue weighted by atomic mass is 10.1. The van der Waals surface area contributed by atoms with Crippen LogP contribution < -0.4 is 0 Å². The predicted octanol–water partition coefficient (Wildman–Crippen LogP) is 3.41. The SMILES string of the molecule is C=C(CCCCC(=O)OCc1ccccc1)C(=O)OCC. The van der Waals surface area contributed by atoms with Gasteiger partial charge in [0, 0.05) is 12.0 Å². The number of hydrogen-bond donors (Lipinski definition) is 0. The number of esters is 2. The molecule has 0 aliphatic carbocycles. The van der Waals surface area contributed by atoms with Crippen molar-refractivity contribution in [3.63, 3.8) is 0 Å². The fourth-order valence-electron chi connectivity index (χ4n) is 1.75. The standard InChI is InChI=1S/C17H22O4/c1-3-20-17(19)14(2)9-7-8-12-16(18)21-13-15-10-5-4-6-11-15/h4-6,10-11H,2-3,7-9,12-13H2,1H3. The Morgan fingerprint density at radius 3 is 2.38 bits per heavy atom. The molecule has 0 heterocycles. The highest BCUT2D eigenvalue weighted by molar-refractivity contribution is 5.87. The molecule has 0 saturated heterocycles. The number of ether oxygens (including phenoxy) is 2. The Morgan fingerprint density at radius 2 is 1.71 bits per heavy atom. The van der Waals surface area contributed by atoms with Gasteiger partial charge < -0.3 is 9.47 Å². The molecule has 0 radical (unpaired) electrons. The van der Waals surface area contributed by atoms with Gasteiger partial charge in [0.05, 0.1) is 6.61 Å². The highest BCUT2D eigenvalue weighted by Gasteiger charge is 2.08. The van der Waals surface area contributed by atoms with Gasteiger partial charge in [-0.15, -0.1) is 0 Å². The highest BCUT2D eigenvalue weighted by Crippen LogP contribution is 2.10. The van der Waals surface area contributed by atoms with E-state index in [1.54, 1.807) is 6.92 Å². The van der Waals surface area contributed by atoms with Crippen LogP contribution in [0.1, 0.15) is 38.2 Å². The summed E-state index contributed by atoms with van der Waals surface area (Å²) in [6.45, 7) is 6.08. The molecule has 0 aliphatic heterocycles. The number of unbranched alkanes of at least 4 members (excludes halogenated alkanes) is 1. The summed E-state index contributed by atoms with van der Waals surface area (Å²) in [5, 5.41) is 0. The monoisotopic (exact) mass is 290 g/mol. The second-order valence-electron chi connectivity index (χ2n) is 4.68. The third-order valence-corrected chi connectivity index (χ3v) is 2.92. The smallest absolute Gasteiger partial charge is 0.333 e. The maximum atomic E-state index is 11.6. The maximum Gasteiger partial charge on any atom is 0.333 e. The van der Waals surface area contributed by atoms with E-state index < -0.39 is 0 Å². The molecule has 0 fully saturated rings. The van der Waals surface area contributed by atoms with E-state index in [1.165, 1.54) is 0 Å². The van der Waals surface area contributed by atoms with Crippen LogP contribution in [0, 0.1) is 0 Å². The zero-order valence-corrected chi connectivity index (χ0v) is 12.5. The van der Waals surface area contributed by atoms with Crippen LogP contribution >= 0.6 is 0 Å². The molecule has 0 bridgehead atoms. The van der Waals surface area contributed by atoms with Gasteiger partial charge in [-0.05, 0) is 31.7 Å². The summed E-state index contributed by atoms with van der Waals surface area (Å²) >= 11 is 0. The Morgan fingerprint density at radius 1 is 1.05 bits per heavy atom. The summed E-state index contributed by atoms with van der Waals surface area (Å²) < 4.78 is 10.0. The van der Waals surface area contributed by atoms with E-state index in [0.29, 0.717) is 38.0 Å². The summed E-state index contributed by atoms with van der Waals surface area (Å²) in [5.74, 6) is -0.579. The van der Waals surface area contributed by atoms with Gasteiger partial charge in [0.1, 0.15) is 6.61 Å². The zero-order chi connectivity index (χ0) is 15.5. The number of benzene rings is 1. The minimum absolute atomic E-state index is 0.222. The summed E-state index contributed by atoms with van der Waals surface area (Å²) in [4.78, 5) is 22.9. The van der Waals surface area contributed by atoms with Gasteiger partial charge >= 0.3 is 11.9 Å². The zero-order valence-electron chi connectivity index (χ0n) is 12.5. The summed E-state index contributed by atoms with van der Waals surface area (Å²) in [7, 11) is 0. The van der Waals surface area contributed by atoms with Crippen LogP contribution in [0.15, 0.2) is 42.5 Å². The number of carbonyl (C=O) groups is 2. The van der Waals surface area contributed by atoms with E-state index in [4.69, 9.17) is 9.47 Å². The fraction of sp³-hybridized carbons (Fsp3) is 0.412. The van der Waals surface area contributed by atoms with Gasteiger partial charge in [-0.25, -0.2) is 4.79 Å². The molecule has 0 unspecified atom stereocenters. The summed E-state index contributed by atoms with van der Waals surface area (Å²) in [5.41, 5.74) is 1.43. The van der Waals surface area contributed by atoms with Crippen molar-refractivity contribution in [3.8, 4) is 0 Å². The normalized spacial score (nSPS) is 9.95. The number of rotatable bonds is 9.